The van der Waals surface area contributed by atoms with Crippen LogP contribution in [0.2, 0.25) is 5.02 Å². The minimum atomic E-state index is -4.44. The Hall–Kier alpha value is -3.29. The van der Waals surface area contributed by atoms with E-state index in [-0.39, 0.29) is 16.4 Å². The van der Waals surface area contributed by atoms with E-state index >= 15 is 0 Å². The first-order valence-electron chi connectivity index (χ1n) is 7.68. The van der Waals surface area contributed by atoms with Gasteiger partial charge in [-0.15, -0.1) is 5.10 Å². The molecule has 2 aromatic carbocycles. The number of nitrogens with one attached hydrogen (secondary N) is 1. The molecular weight excluding hydrogens is 409 g/mol. The van der Waals surface area contributed by atoms with Gasteiger partial charge in [0, 0.05) is 0 Å². The molecule has 0 radical (unpaired) electrons. The quantitative estimate of drug-likeness (QED) is 0.693. The van der Waals surface area contributed by atoms with Crippen molar-refractivity contribution in [3.8, 4) is 11.8 Å². The maximum atomic E-state index is 13.7. The topological polar surface area (TPSA) is 118 Å². The fourth-order valence-corrected chi connectivity index (χ4v) is 3.70. The molecule has 0 aliphatic heterocycles. The largest absolute Gasteiger partial charge is 0.287 e. The number of rotatable bonds is 4. The van der Waals surface area contributed by atoms with Crippen molar-refractivity contribution < 1.29 is 17.6 Å². The minimum absolute atomic E-state index is 0.193. The third-order valence-corrected chi connectivity index (χ3v) is 5.43. The first-order valence-corrected chi connectivity index (χ1v) is 9.54. The van der Waals surface area contributed by atoms with Gasteiger partial charge in [-0.2, -0.15) is 5.26 Å². The normalized spacial score (nSPS) is 11.1. The number of nitriles is 1. The van der Waals surface area contributed by atoms with Crippen molar-refractivity contribution in [3.05, 3.63) is 70.3 Å². The van der Waals surface area contributed by atoms with Crippen LogP contribution in [0.5, 0.6) is 0 Å². The standard InChI is InChI=1S/C17H11ClFN5O3S/c1-10-16(17(25)22-28(26,27)15-5-3-2-4-13(15)19)21-23-24(10)14-7-6-11(9-20)8-12(14)18/h2-8H,1H3,(H,22,25). The van der Waals surface area contributed by atoms with Crippen molar-refractivity contribution in [2.24, 2.45) is 0 Å². The van der Waals surface area contributed by atoms with Crippen LogP contribution in [0.3, 0.4) is 0 Å². The maximum absolute atomic E-state index is 13.7. The van der Waals surface area contributed by atoms with Crippen LogP contribution >= 0.6 is 11.6 Å². The van der Waals surface area contributed by atoms with Gasteiger partial charge in [-0.1, -0.05) is 28.9 Å². The Morgan fingerprint density at radius 1 is 1.29 bits per heavy atom. The molecule has 0 aliphatic rings. The fraction of sp³-hybridized carbons (Fsp3) is 0.0588. The Kier molecular flexibility index (Phi) is 5.13. The van der Waals surface area contributed by atoms with E-state index in [9.17, 15) is 17.6 Å². The van der Waals surface area contributed by atoms with Gasteiger partial charge in [0.25, 0.3) is 15.9 Å². The van der Waals surface area contributed by atoms with Crippen molar-refractivity contribution in [2.75, 3.05) is 0 Å². The molecule has 142 valence electrons. The number of aromatic nitrogens is 3. The van der Waals surface area contributed by atoms with Crippen LogP contribution in [-0.2, 0) is 10.0 Å². The average Bonchev–Trinajstić information content (AvgIpc) is 3.02. The van der Waals surface area contributed by atoms with Crippen molar-refractivity contribution in [1.29, 1.82) is 5.26 Å². The zero-order valence-corrected chi connectivity index (χ0v) is 15.8. The fourth-order valence-electron chi connectivity index (χ4n) is 2.40. The lowest BCUT2D eigenvalue weighted by Gasteiger charge is -2.08. The highest BCUT2D eigenvalue weighted by molar-refractivity contribution is 7.90. The average molecular weight is 420 g/mol. The van der Waals surface area contributed by atoms with Gasteiger partial charge in [-0.25, -0.2) is 22.2 Å². The predicted octanol–water partition coefficient (Wildman–Crippen LogP) is 2.36. The summed E-state index contributed by atoms with van der Waals surface area (Å²) in [5, 5.41) is 16.6. The molecule has 3 aromatic rings. The number of carbonyl (C=O) groups is 1. The van der Waals surface area contributed by atoms with Crippen LogP contribution in [0, 0.1) is 24.1 Å². The minimum Gasteiger partial charge on any atom is -0.266 e. The van der Waals surface area contributed by atoms with Crippen LogP contribution < -0.4 is 4.72 Å². The molecule has 0 atom stereocenters. The molecule has 1 N–H and O–H groups in total. The van der Waals surface area contributed by atoms with Gasteiger partial charge in [-0.3, -0.25) is 4.79 Å². The van der Waals surface area contributed by atoms with E-state index in [1.54, 1.807) is 4.72 Å². The summed E-state index contributed by atoms with van der Waals surface area (Å²) in [5.74, 6) is -2.07. The smallest absolute Gasteiger partial charge is 0.266 e. The Balaban J connectivity index is 1.93. The van der Waals surface area contributed by atoms with E-state index in [0.29, 0.717) is 11.3 Å². The molecule has 0 spiro atoms. The molecule has 0 saturated carbocycles. The molecule has 0 unspecified atom stereocenters. The zero-order chi connectivity index (χ0) is 20.5. The number of amides is 1. The maximum Gasteiger partial charge on any atom is 0.287 e. The highest BCUT2D eigenvalue weighted by Gasteiger charge is 2.26. The summed E-state index contributed by atoms with van der Waals surface area (Å²) in [6.45, 7) is 1.49. The molecule has 0 aliphatic carbocycles. The van der Waals surface area contributed by atoms with E-state index in [0.717, 1.165) is 12.1 Å². The second kappa shape index (κ2) is 7.38. The summed E-state index contributed by atoms with van der Waals surface area (Å²) in [6, 6.07) is 11.0. The number of sulfonamides is 1. The van der Waals surface area contributed by atoms with Crippen LogP contribution in [0.15, 0.2) is 47.4 Å². The molecule has 3 rings (SSSR count). The van der Waals surface area contributed by atoms with Crippen LogP contribution in [0.4, 0.5) is 4.39 Å². The molecule has 1 amide bonds. The molecule has 28 heavy (non-hydrogen) atoms. The SMILES string of the molecule is Cc1c(C(=O)NS(=O)(=O)c2ccccc2F)nnn1-c1ccc(C#N)cc1Cl. The summed E-state index contributed by atoms with van der Waals surface area (Å²) < 4.78 is 41.3. The Morgan fingerprint density at radius 3 is 2.64 bits per heavy atom. The van der Waals surface area contributed by atoms with Crippen molar-refractivity contribution in [3.63, 3.8) is 0 Å². The number of nitrogens with zero attached hydrogens (tertiary/aromatic N) is 4. The lowest BCUT2D eigenvalue weighted by Crippen LogP contribution is -2.32. The summed E-state index contributed by atoms with van der Waals surface area (Å²) in [6.07, 6.45) is 0. The number of hydrogen-bond donors (Lipinski definition) is 1. The molecule has 11 heteroatoms. The second-order valence-electron chi connectivity index (χ2n) is 5.58. The van der Waals surface area contributed by atoms with Crippen molar-refractivity contribution >= 4 is 27.5 Å². The third kappa shape index (κ3) is 3.58. The second-order valence-corrected chi connectivity index (χ2v) is 7.64. The monoisotopic (exact) mass is 419 g/mol. The summed E-state index contributed by atoms with van der Waals surface area (Å²) >= 11 is 6.13. The molecule has 1 aromatic heterocycles. The van der Waals surface area contributed by atoms with E-state index < -0.39 is 26.6 Å². The van der Waals surface area contributed by atoms with Gasteiger partial charge in [0.15, 0.2) is 5.69 Å². The van der Waals surface area contributed by atoms with E-state index in [1.165, 1.54) is 41.9 Å². The Morgan fingerprint density at radius 2 is 2.00 bits per heavy atom. The Bertz CT molecular complexity index is 1230. The molecular formula is C17H11ClFN5O3S. The van der Waals surface area contributed by atoms with Gasteiger partial charge in [-0.05, 0) is 37.3 Å². The highest BCUT2D eigenvalue weighted by atomic mass is 35.5. The van der Waals surface area contributed by atoms with Gasteiger partial charge >= 0.3 is 0 Å². The molecule has 0 saturated heterocycles. The molecule has 8 nitrogen and oxygen atoms in total. The number of benzene rings is 2. The van der Waals surface area contributed by atoms with E-state index in [1.807, 2.05) is 6.07 Å². The van der Waals surface area contributed by atoms with E-state index in [4.69, 9.17) is 16.9 Å². The number of carbonyl (C=O) groups excluding carboxylic acids is 1. The summed E-state index contributed by atoms with van der Waals surface area (Å²) in [7, 11) is -4.44. The number of hydrogen-bond acceptors (Lipinski definition) is 6. The lowest BCUT2D eigenvalue weighted by molar-refractivity contribution is 0.0976. The molecule has 1 heterocycles. The first-order chi connectivity index (χ1) is 13.2. The summed E-state index contributed by atoms with van der Waals surface area (Å²) in [4.78, 5) is 11.7. The van der Waals surface area contributed by atoms with E-state index in [2.05, 4.69) is 10.3 Å². The first kappa shape index (κ1) is 19.5. The Labute approximate surface area is 164 Å². The third-order valence-electron chi connectivity index (χ3n) is 3.77. The molecule has 0 fully saturated rings. The predicted molar refractivity (Wildman–Crippen MR) is 96.9 cm³/mol. The van der Waals surface area contributed by atoms with Gasteiger partial charge in [0.2, 0.25) is 0 Å². The summed E-state index contributed by atoms with van der Waals surface area (Å²) in [5.41, 5.74) is 0.607. The number of halogens is 2. The van der Waals surface area contributed by atoms with Crippen molar-refractivity contribution in [2.45, 2.75) is 11.8 Å². The van der Waals surface area contributed by atoms with Gasteiger partial charge < -0.3 is 0 Å². The highest BCUT2D eigenvalue weighted by Crippen LogP contribution is 2.23. The van der Waals surface area contributed by atoms with Crippen LogP contribution in [0.25, 0.3) is 5.69 Å². The molecule has 0 bridgehead atoms. The van der Waals surface area contributed by atoms with Crippen LogP contribution in [-0.4, -0.2) is 29.3 Å². The lowest BCUT2D eigenvalue weighted by atomic mass is 10.2. The van der Waals surface area contributed by atoms with Gasteiger partial charge in [0.1, 0.15) is 10.7 Å². The van der Waals surface area contributed by atoms with Crippen molar-refractivity contribution in [1.82, 2.24) is 19.7 Å². The zero-order valence-electron chi connectivity index (χ0n) is 14.2. The van der Waals surface area contributed by atoms with Gasteiger partial charge in [0.05, 0.1) is 28.0 Å². The van der Waals surface area contributed by atoms with Crippen LogP contribution in [0.1, 0.15) is 21.7 Å².